The van der Waals surface area contributed by atoms with Gasteiger partial charge in [0.15, 0.2) is 0 Å². The Hall–Kier alpha value is -0.340. The van der Waals surface area contributed by atoms with Gasteiger partial charge in [0, 0.05) is 18.4 Å². The van der Waals surface area contributed by atoms with Gasteiger partial charge < -0.3 is 5.32 Å². The fourth-order valence-electron chi connectivity index (χ4n) is 1.01. The maximum Gasteiger partial charge on any atom is 0.0205 e. The van der Waals surface area contributed by atoms with Crippen LogP contribution >= 0.6 is 15.9 Å². The van der Waals surface area contributed by atoms with Crippen LogP contribution in [0, 0.1) is 6.92 Å². The monoisotopic (exact) mass is 227 g/mol. The Labute approximate surface area is 82.3 Å². The van der Waals surface area contributed by atoms with E-state index in [4.69, 9.17) is 0 Å². The summed E-state index contributed by atoms with van der Waals surface area (Å²) in [7, 11) is 0. The van der Waals surface area contributed by atoms with Crippen LogP contribution in [-0.2, 0) is 6.54 Å². The van der Waals surface area contributed by atoms with E-state index in [9.17, 15) is 0 Å². The number of rotatable bonds is 4. The minimum Gasteiger partial charge on any atom is -0.312 e. The summed E-state index contributed by atoms with van der Waals surface area (Å²) < 4.78 is 0. The van der Waals surface area contributed by atoms with E-state index in [1.165, 1.54) is 11.1 Å². The fraction of sp³-hybridized carbons (Fsp3) is 0.400. The third-order valence-electron chi connectivity index (χ3n) is 1.72. The van der Waals surface area contributed by atoms with Crippen molar-refractivity contribution < 1.29 is 0 Å². The van der Waals surface area contributed by atoms with Crippen molar-refractivity contribution in [3.63, 3.8) is 0 Å². The SMILES string of the molecule is Cc1ccc(CNCCBr)cc1. The Kier molecular flexibility index (Phi) is 4.33. The molecular formula is C10H14BrN. The van der Waals surface area contributed by atoms with Gasteiger partial charge in [0.05, 0.1) is 0 Å². The van der Waals surface area contributed by atoms with Crippen molar-refractivity contribution in [3.05, 3.63) is 35.4 Å². The molecule has 0 radical (unpaired) electrons. The van der Waals surface area contributed by atoms with Crippen LogP contribution in [0.5, 0.6) is 0 Å². The summed E-state index contributed by atoms with van der Waals surface area (Å²) in [6.45, 7) is 4.09. The van der Waals surface area contributed by atoms with Crippen LogP contribution < -0.4 is 5.32 Å². The molecule has 0 aliphatic rings. The van der Waals surface area contributed by atoms with Crippen molar-refractivity contribution in [1.29, 1.82) is 0 Å². The Morgan fingerprint density at radius 3 is 2.50 bits per heavy atom. The maximum absolute atomic E-state index is 3.37. The molecule has 1 aromatic carbocycles. The quantitative estimate of drug-likeness (QED) is 0.616. The molecule has 0 aliphatic heterocycles. The van der Waals surface area contributed by atoms with Gasteiger partial charge in [-0.1, -0.05) is 45.8 Å². The predicted octanol–water partition coefficient (Wildman–Crippen LogP) is 2.48. The van der Waals surface area contributed by atoms with Crippen LogP contribution in [0.3, 0.4) is 0 Å². The van der Waals surface area contributed by atoms with E-state index < -0.39 is 0 Å². The van der Waals surface area contributed by atoms with Gasteiger partial charge in [-0.3, -0.25) is 0 Å². The first-order chi connectivity index (χ1) is 5.83. The number of alkyl halides is 1. The largest absolute Gasteiger partial charge is 0.312 e. The van der Waals surface area contributed by atoms with Gasteiger partial charge in [-0.25, -0.2) is 0 Å². The predicted molar refractivity (Wildman–Crippen MR) is 56.7 cm³/mol. The Balaban J connectivity index is 2.37. The lowest BCUT2D eigenvalue weighted by Gasteiger charge is -2.02. The molecule has 0 aliphatic carbocycles. The number of aryl methyl sites for hydroxylation is 1. The van der Waals surface area contributed by atoms with Gasteiger partial charge >= 0.3 is 0 Å². The lowest BCUT2D eigenvalue weighted by Crippen LogP contribution is -2.15. The van der Waals surface area contributed by atoms with Gasteiger partial charge in [-0.2, -0.15) is 0 Å². The number of hydrogen-bond donors (Lipinski definition) is 1. The molecule has 0 amide bonds. The summed E-state index contributed by atoms with van der Waals surface area (Å²) in [6.07, 6.45) is 0. The van der Waals surface area contributed by atoms with E-state index in [0.29, 0.717) is 0 Å². The summed E-state index contributed by atoms with van der Waals surface area (Å²) >= 11 is 3.37. The zero-order valence-corrected chi connectivity index (χ0v) is 8.89. The van der Waals surface area contributed by atoms with Crippen molar-refractivity contribution in [2.24, 2.45) is 0 Å². The molecule has 1 aromatic rings. The minimum atomic E-state index is 0.964. The highest BCUT2D eigenvalue weighted by atomic mass is 79.9. The highest BCUT2D eigenvalue weighted by Gasteiger charge is 1.90. The second-order valence-electron chi connectivity index (χ2n) is 2.85. The van der Waals surface area contributed by atoms with Crippen LogP contribution in [0.4, 0.5) is 0 Å². The molecule has 0 atom stereocenters. The molecule has 1 nitrogen and oxygen atoms in total. The molecule has 2 heteroatoms. The molecule has 0 saturated heterocycles. The average Bonchev–Trinajstić information content (AvgIpc) is 2.09. The summed E-state index contributed by atoms with van der Waals surface area (Å²) in [5, 5.41) is 4.34. The Morgan fingerprint density at radius 1 is 1.25 bits per heavy atom. The molecule has 0 saturated carbocycles. The molecule has 0 fully saturated rings. The highest BCUT2D eigenvalue weighted by Crippen LogP contribution is 2.01. The zero-order valence-electron chi connectivity index (χ0n) is 7.31. The van der Waals surface area contributed by atoms with Crippen LogP contribution in [0.2, 0.25) is 0 Å². The van der Waals surface area contributed by atoms with E-state index in [-0.39, 0.29) is 0 Å². The van der Waals surface area contributed by atoms with Crippen molar-refractivity contribution in [1.82, 2.24) is 5.32 Å². The lowest BCUT2D eigenvalue weighted by atomic mass is 10.1. The van der Waals surface area contributed by atoms with Crippen molar-refractivity contribution in [2.45, 2.75) is 13.5 Å². The van der Waals surface area contributed by atoms with Gasteiger partial charge in [0.25, 0.3) is 0 Å². The van der Waals surface area contributed by atoms with Crippen LogP contribution in [0.15, 0.2) is 24.3 Å². The molecule has 1 rings (SSSR count). The van der Waals surface area contributed by atoms with E-state index in [0.717, 1.165) is 18.4 Å². The maximum atomic E-state index is 3.37. The lowest BCUT2D eigenvalue weighted by molar-refractivity contribution is 0.734. The van der Waals surface area contributed by atoms with E-state index in [2.05, 4.69) is 52.4 Å². The number of hydrogen-bond acceptors (Lipinski definition) is 1. The molecule has 66 valence electrons. The average molecular weight is 228 g/mol. The molecular weight excluding hydrogens is 214 g/mol. The standard InChI is InChI=1S/C10H14BrN/c1-9-2-4-10(5-3-9)8-12-7-6-11/h2-5,12H,6-8H2,1H3. The third-order valence-corrected chi connectivity index (χ3v) is 2.12. The Bertz CT molecular complexity index is 218. The summed E-state index contributed by atoms with van der Waals surface area (Å²) in [6, 6.07) is 8.61. The smallest absolute Gasteiger partial charge is 0.0205 e. The van der Waals surface area contributed by atoms with Crippen molar-refractivity contribution in [3.8, 4) is 0 Å². The summed E-state index contributed by atoms with van der Waals surface area (Å²) in [4.78, 5) is 0. The van der Waals surface area contributed by atoms with Crippen molar-refractivity contribution in [2.75, 3.05) is 11.9 Å². The minimum absolute atomic E-state index is 0.964. The van der Waals surface area contributed by atoms with Crippen LogP contribution in [0.25, 0.3) is 0 Å². The zero-order chi connectivity index (χ0) is 8.81. The van der Waals surface area contributed by atoms with Gasteiger partial charge in [-0.05, 0) is 12.5 Å². The van der Waals surface area contributed by atoms with Gasteiger partial charge in [0.2, 0.25) is 0 Å². The van der Waals surface area contributed by atoms with E-state index >= 15 is 0 Å². The van der Waals surface area contributed by atoms with E-state index in [1.807, 2.05) is 0 Å². The molecule has 0 unspecified atom stereocenters. The molecule has 0 spiro atoms. The number of nitrogens with one attached hydrogen (secondary N) is 1. The van der Waals surface area contributed by atoms with Crippen LogP contribution in [-0.4, -0.2) is 11.9 Å². The first-order valence-corrected chi connectivity index (χ1v) is 5.27. The topological polar surface area (TPSA) is 12.0 Å². The molecule has 1 N–H and O–H groups in total. The molecule has 0 bridgehead atoms. The third kappa shape index (κ3) is 3.37. The van der Waals surface area contributed by atoms with Gasteiger partial charge in [0.1, 0.15) is 0 Å². The fourth-order valence-corrected chi connectivity index (χ4v) is 1.29. The Morgan fingerprint density at radius 2 is 1.92 bits per heavy atom. The molecule has 0 heterocycles. The first kappa shape index (κ1) is 9.75. The number of halogens is 1. The number of benzene rings is 1. The first-order valence-electron chi connectivity index (χ1n) is 4.15. The normalized spacial score (nSPS) is 10.2. The summed E-state index contributed by atoms with van der Waals surface area (Å²) in [5.74, 6) is 0. The second-order valence-corrected chi connectivity index (χ2v) is 3.64. The van der Waals surface area contributed by atoms with Gasteiger partial charge in [-0.15, -0.1) is 0 Å². The second kappa shape index (κ2) is 5.33. The highest BCUT2D eigenvalue weighted by molar-refractivity contribution is 9.09. The van der Waals surface area contributed by atoms with Crippen molar-refractivity contribution >= 4 is 15.9 Å². The van der Waals surface area contributed by atoms with E-state index in [1.54, 1.807) is 0 Å². The molecule has 0 aromatic heterocycles. The van der Waals surface area contributed by atoms with Crippen LogP contribution in [0.1, 0.15) is 11.1 Å². The summed E-state index contributed by atoms with van der Waals surface area (Å²) in [5.41, 5.74) is 2.67. The molecule has 12 heavy (non-hydrogen) atoms.